The topological polar surface area (TPSA) is 0 Å². The highest BCUT2D eigenvalue weighted by atomic mass is 79.9. The molecule has 0 aliphatic rings. The van der Waals surface area contributed by atoms with Crippen LogP contribution in [-0.2, 0) is 6.42 Å². The van der Waals surface area contributed by atoms with Crippen LogP contribution in [0.15, 0.2) is 29.0 Å². The summed E-state index contributed by atoms with van der Waals surface area (Å²) in [6.45, 7) is 6.53. The van der Waals surface area contributed by atoms with Crippen LogP contribution in [0.4, 0.5) is 0 Å². The predicted octanol–water partition coefficient (Wildman–Crippen LogP) is 5.35. The molecular formula is C15H17BrS. The second kappa shape index (κ2) is 5.36. The average molecular weight is 309 g/mol. The Bertz CT molecular complexity index is 513. The number of aryl methyl sites for hydroxylation is 3. The number of benzene rings is 1. The Kier molecular flexibility index (Phi) is 4.05. The molecule has 0 aliphatic heterocycles. The van der Waals surface area contributed by atoms with Crippen molar-refractivity contribution in [1.82, 2.24) is 0 Å². The smallest absolute Gasteiger partial charge is 0.0446 e. The van der Waals surface area contributed by atoms with E-state index in [2.05, 4.69) is 65.7 Å². The lowest BCUT2D eigenvalue weighted by Crippen LogP contribution is -1.98. The maximum absolute atomic E-state index is 3.82. The molecule has 1 aromatic carbocycles. The second-order valence-corrected chi connectivity index (χ2v) is 6.46. The number of hydrogen-bond donors (Lipinski definition) is 0. The highest BCUT2D eigenvalue weighted by Gasteiger charge is 2.13. The minimum Gasteiger partial charge on any atom is -0.152 e. The summed E-state index contributed by atoms with van der Waals surface area (Å²) in [5.74, 6) is 0. The number of halogens is 1. The fraction of sp³-hybridized carbons (Fsp3) is 0.333. The van der Waals surface area contributed by atoms with Crippen molar-refractivity contribution < 1.29 is 0 Å². The highest BCUT2D eigenvalue weighted by Crippen LogP contribution is 2.32. The van der Waals surface area contributed by atoms with Crippen molar-refractivity contribution in [3.63, 3.8) is 0 Å². The SMILES string of the molecule is Cc1ccc(C)c(CC(Br)c2cscc2C)c1. The normalized spacial score (nSPS) is 12.7. The number of hydrogen-bond acceptors (Lipinski definition) is 1. The summed E-state index contributed by atoms with van der Waals surface area (Å²) in [5, 5.41) is 4.46. The molecule has 0 amide bonds. The van der Waals surface area contributed by atoms with E-state index in [-0.39, 0.29) is 0 Å². The van der Waals surface area contributed by atoms with Crippen LogP contribution in [0.3, 0.4) is 0 Å². The van der Waals surface area contributed by atoms with Crippen molar-refractivity contribution in [2.75, 3.05) is 0 Å². The van der Waals surface area contributed by atoms with Gasteiger partial charge >= 0.3 is 0 Å². The van der Waals surface area contributed by atoms with Crippen molar-refractivity contribution in [2.45, 2.75) is 32.0 Å². The molecule has 0 nitrogen and oxygen atoms in total. The van der Waals surface area contributed by atoms with E-state index in [9.17, 15) is 0 Å². The molecule has 0 fully saturated rings. The molecule has 1 atom stereocenters. The van der Waals surface area contributed by atoms with Gasteiger partial charge in [-0.05, 0) is 60.2 Å². The Morgan fingerprint density at radius 3 is 2.53 bits per heavy atom. The van der Waals surface area contributed by atoms with E-state index in [1.165, 1.54) is 27.8 Å². The van der Waals surface area contributed by atoms with E-state index in [1.54, 1.807) is 11.3 Å². The third kappa shape index (κ3) is 2.99. The summed E-state index contributed by atoms with van der Waals surface area (Å²) in [4.78, 5) is 0.425. The first kappa shape index (κ1) is 12.8. The highest BCUT2D eigenvalue weighted by molar-refractivity contribution is 9.09. The largest absolute Gasteiger partial charge is 0.152 e. The van der Waals surface area contributed by atoms with Gasteiger partial charge in [-0.3, -0.25) is 0 Å². The fourth-order valence-corrected chi connectivity index (χ4v) is 3.94. The Hall–Kier alpha value is -0.600. The summed E-state index contributed by atoms with van der Waals surface area (Å²) in [6, 6.07) is 6.69. The Balaban J connectivity index is 2.21. The molecular weight excluding hydrogens is 292 g/mol. The summed E-state index contributed by atoms with van der Waals surface area (Å²) in [5.41, 5.74) is 6.98. The van der Waals surface area contributed by atoms with Crippen LogP contribution in [0.25, 0.3) is 0 Å². The predicted molar refractivity (Wildman–Crippen MR) is 80.3 cm³/mol. The van der Waals surface area contributed by atoms with E-state index in [0.29, 0.717) is 4.83 Å². The molecule has 0 saturated heterocycles. The van der Waals surface area contributed by atoms with Gasteiger partial charge in [-0.1, -0.05) is 39.7 Å². The first-order chi connectivity index (χ1) is 8.08. The van der Waals surface area contributed by atoms with Gasteiger partial charge in [0.25, 0.3) is 0 Å². The summed E-state index contributed by atoms with van der Waals surface area (Å²) >= 11 is 5.60. The van der Waals surface area contributed by atoms with Gasteiger partial charge in [-0.2, -0.15) is 11.3 Å². The van der Waals surface area contributed by atoms with Crippen molar-refractivity contribution in [3.05, 3.63) is 56.8 Å². The zero-order valence-electron chi connectivity index (χ0n) is 10.5. The molecule has 0 radical (unpaired) electrons. The molecule has 0 N–H and O–H groups in total. The van der Waals surface area contributed by atoms with Gasteiger partial charge in [-0.25, -0.2) is 0 Å². The molecule has 17 heavy (non-hydrogen) atoms. The van der Waals surface area contributed by atoms with Crippen LogP contribution >= 0.6 is 27.3 Å². The molecule has 2 aromatic rings. The van der Waals surface area contributed by atoms with Crippen molar-refractivity contribution in [2.24, 2.45) is 0 Å². The van der Waals surface area contributed by atoms with E-state index in [0.717, 1.165) is 6.42 Å². The van der Waals surface area contributed by atoms with Crippen LogP contribution in [0.1, 0.15) is 32.6 Å². The van der Waals surface area contributed by atoms with Gasteiger partial charge in [0.05, 0.1) is 0 Å². The lowest BCUT2D eigenvalue weighted by atomic mass is 9.98. The fourth-order valence-electron chi connectivity index (χ4n) is 2.01. The van der Waals surface area contributed by atoms with Gasteiger partial charge in [0.1, 0.15) is 0 Å². The number of alkyl halides is 1. The van der Waals surface area contributed by atoms with Crippen molar-refractivity contribution in [1.29, 1.82) is 0 Å². The van der Waals surface area contributed by atoms with Crippen LogP contribution in [0.5, 0.6) is 0 Å². The summed E-state index contributed by atoms with van der Waals surface area (Å²) in [7, 11) is 0. The quantitative estimate of drug-likeness (QED) is 0.670. The van der Waals surface area contributed by atoms with Gasteiger partial charge < -0.3 is 0 Å². The third-order valence-corrected chi connectivity index (χ3v) is 4.83. The Morgan fingerprint density at radius 1 is 1.12 bits per heavy atom. The molecule has 1 heterocycles. The molecule has 90 valence electrons. The van der Waals surface area contributed by atoms with Crippen LogP contribution in [0, 0.1) is 20.8 Å². The number of rotatable bonds is 3. The van der Waals surface area contributed by atoms with E-state index >= 15 is 0 Å². The first-order valence-electron chi connectivity index (χ1n) is 5.81. The average Bonchev–Trinajstić information content (AvgIpc) is 2.70. The second-order valence-electron chi connectivity index (χ2n) is 4.61. The first-order valence-corrected chi connectivity index (χ1v) is 7.66. The third-order valence-electron chi connectivity index (χ3n) is 3.14. The van der Waals surface area contributed by atoms with Crippen LogP contribution in [0.2, 0.25) is 0 Å². The summed E-state index contributed by atoms with van der Waals surface area (Å²) < 4.78 is 0. The summed E-state index contributed by atoms with van der Waals surface area (Å²) in [6.07, 6.45) is 1.06. The Labute approximate surface area is 116 Å². The van der Waals surface area contributed by atoms with E-state index < -0.39 is 0 Å². The Morgan fingerprint density at radius 2 is 1.88 bits per heavy atom. The minimum absolute atomic E-state index is 0.425. The number of thiophene rings is 1. The molecule has 2 heteroatoms. The molecule has 1 unspecified atom stereocenters. The monoisotopic (exact) mass is 308 g/mol. The van der Waals surface area contributed by atoms with Gasteiger partial charge in [0.15, 0.2) is 0 Å². The molecule has 0 saturated carbocycles. The molecule has 0 bridgehead atoms. The minimum atomic E-state index is 0.425. The molecule has 1 aromatic heterocycles. The zero-order chi connectivity index (χ0) is 12.4. The van der Waals surface area contributed by atoms with Gasteiger partial charge in [0.2, 0.25) is 0 Å². The molecule has 0 spiro atoms. The van der Waals surface area contributed by atoms with E-state index in [4.69, 9.17) is 0 Å². The van der Waals surface area contributed by atoms with E-state index in [1.807, 2.05) is 0 Å². The van der Waals surface area contributed by atoms with Gasteiger partial charge in [0, 0.05) is 4.83 Å². The maximum Gasteiger partial charge on any atom is 0.0446 e. The van der Waals surface area contributed by atoms with Crippen molar-refractivity contribution in [3.8, 4) is 0 Å². The maximum atomic E-state index is 3.82. The van der Waals surface area contributed by atoms with Crippen LogP contribution in [-0.4, -0.2) is 0 Å². The van der Waals surface area contributed by atoms with Crippen molar-refractivity contribution >= 4 is 27.3 Å². The standard InChI is InChI=1S/C15H17BrS/c1-10-4-5-11(2)13(6-10)7-15(16)14-9-17-8-12(14)3/h4-6,8-9,15H,7H2,1-3H3. The lowest BCUT2D eigenvalue weighted by Gasteiger charge is -2.12. The lowest BCUT2D eigenvalue weighted by molar-refractivity contribution is 0.933. The zero-order valence-corrected chi connectivity index (χ0v) is 12.9. The van der Waals surface area contributed by atoms with Gasteiger partial charge in [-0.15, -0.1) is 0 Å². The molecule has 2 rings (SSSR count). The van der Waals surface area contributed by atoms with Crippen LogP contribution < -0.4 is 0 Å². The molecule has 0 aliphatic carbocycles.